The van der Waals surface area contributed by atoms with Crippen molar-refractivity contribution in [2.24, 2.45) is 17.8 Å². The zero-order chi connectivity index (χ0) is 33.0. The highest BCUT2D eigenvalue weighted by Gasteiger charge is 2.42. The highest BCUT2D eigenvalue weighted by atomic mass is 15.2. The third-order valence-electron chi connectivity index (χ3n) is 12.6. The minimum absolute atomic E-state index is 0.247. The molecule has 9 aliphatic rings. The van der Waals surface area contributed by atoms with Crippen LogP contribution in [0.5, 0.6) is 0 Å². The van der Waals surface area contributed by atoms with Crippen molar-refractivity contribution >= 4 is 11.3 Å². The van der Waals surface area contributed by atoms with Crippen LogP contribution in [0.1, 0.15) is 81.3 Å². The van der Waals surface area contributed by atoms with Crippen molar-refractivity contribution in [3.63, 3.8) is 0 Å². The number of rotatable bonds is 5. The van der Waals surface area contributed by atoms with Gasteiger partial charge < -0.3 is 9.80 Å². The summed E-state index contributed by atoms with van der Waals surface area (Å²) >= 11 is 0. The molecule has 2 aliphatic heterocycles. The molecule has 1 aromatic carbocycles. The summed E-state index contributed by atoms with van der Waals surface area (Å²) in [6.45, 7) is 0. The normalized spacial score (nSPS) is 31.6. The number of hydrogen-bond donors (Lipinski definition) is 0. The molecule has 0 radical (unpaired) electrons. The summed E-state index contributed by atoms with van der Waals surface area (Å²) in [5.74, 6) is 8.80. The quantitative estimate of drug-likeness (QED) is 0.293. The molecule has 50 heavy (non-hydrogen) atoms. The molecule has 2 heteroatoms. The monoisotopic (exact) mass is 650 g/mol. The van der Waals surface area contributed by atoms with E-state index in [-0.39, 0.29) is 5.92 Å². The Labute approximate surface area is 298 Å². The van der Waals surface area contributed by atoms with Gasteiger partial charge in [-0.2, -0.15) is 0 Å². The third kappa shape index (κ3) is 5.09. The Balaban J connectivity index is 0.984. The lowest BCUT2D eigenvalue weighted by Gasteiger charge is -2.36. The summed E-state index contributed by atoms with van der Waals surface area (Å²) in [5, 5.41) is 0. The maximum Gasteiger partial charge on any atom is 0.0716 e. The lowest BCUT2D eigenvalue weighted by molar-refractivity contribution is 0.327. The highest BCUT2D eigenvalue weighted by Crippen LogP contribution is 2.51. The first-order chi connectivity index (χ1) is 24.8. The summed E-state index contributed by atoms with van der Waals surface area (Å²) in [7, 11) is 0. The van der Waals surface area contributed by atoms with Gasteiger partial charge in [0.1, 0.15) is 0 Å². The van der Waals surface area contributed by atoms with Crippen LogP contribution in [0.15, 0.2) is 155 Å². The predicted molar refractivity (Wildman–Crippen MR) is 208 cm³/mol. The summed E-state index contributed by atoms with van der Waals surface area (Å²) in [6.07, 6.45) is 51.9. The standard InChI is InChI=1S/C48H46N2/c1-3-12-33(13-4-1)35-22-26-39(27-23-35)49-46-21-10-8-19-42(46)44-31-37(25-29-47(44)49)38-24-28-43-41-18-7-9-20-45(41)50(48(43)32-38)40-17-11-16-36(30-40)34-14-5-2-6-15-34/h1,3,5,7,9-12,14-15,17-18,20-21,24,26,28,30-32,35-36,41-42,45-46H,2,4,6,13,16,22-23,25,27,29H2. The van der Waals surface area contributed by atoms with Gasteiger partial charge in [0.05, 0.1) is 18.0 Å². The lowest BCUT2D eigenvalue weighted by Crippen LogP contribution is -2.33. The number of anilines is 1. The maximum absolute atomic E-state index is 3.67. The van der Waals surface area contributed by atoms with Crippen LogP contribution in [0.3, 0.4) is 0 Å². The van der Waals surface area contributed by atoms with E-state index in [1.54, 1.807) is 5.57 Å². The fourth-order valence-electron chi connectivity index (χ4n) is 10.2. The van der Waals surface area contributed by atoms with Crippen molar-refractivity contribution in [3.8, 4) is 11.8 Å². The molecular formula is C48H46N2. The largest absolute Gasteiger partial charge is 0.340 e. The number of benzene rings is 1. The van der Waals surface area contributed by atoms with E-state index < -0.39 is 0 Å². The predicted octanol–water partition coefficient (Wildman–Crippen LogP) is 11.1. The first-order valence-corrected chi connectivity index (χ1v) is 19.3. The van der Waals surface area contributed by atoms with E-state index in [2.05, 4.69) is 143 Å². The van der Waals surface area contributed by atoms with Crippen LogP contribution in [0.2, 0.25) is 0 Å². The Morgan fingerprint density at radius 1 is 0.780 bits per heavy atom. The molecule has 7 aliphatic carbocycles. The van der Waals surface area contributed by atoms with Crippen LogP contribution in [-0.2, 0) is 0 Å². The number of nitrogens with zero attached hydrogens (tertiary/aromatic N) is 2. The molecule has 0 spiro atoms. The molecule has 10 rings (SSSR count). The molecule has 6 unspecified atom stereocenters. The van der Waals surface area contributed by atoms with E-state index in [9.17, 15) is 0 Å². The molecular weight excluding hydrogens is 605 g/mol. The fourth-order valence-corrected chi connectivity index (χ4v) is 10.2. The van der Waals surface area contributed by atoms with Crippen LogP contribution < -0.4 is 4.90 Å². The van der Waals surface area contributed by atoms with Crippen LogP contribution in [-0.4, -0.2) is 17.0 Å². The zero-order valence-electron chi connectivity index (χ0n) is 29.0. The summed E-state index contributed by atoms with van der Waals surface area (Å²) in [6, 6.07) is 7.99. The topological polar surface area (TPSA) is 6.48 Å². The van der Waals surface area contributed by atoms with E-state index in [0.717, 1.165) is 38.5 Å². The van der Waals surface area contributed by atoms with Gasteiger partial charge in [0.25, 0.3) is 0 Å². The van der Waals surface area contributed by atoms with E-state index in [1.807, 2.05) is 0 Å². The van der Waals surface area contributed by atoms with E-state index in [0.29, 0.717) is 29.8 Å². The minimum Gasteiger partial charge on any atom is -0.340 e. The van der Waals surface area contributed by atoms with Gasteiger partial charge in [-0.25, -0.2) is 0 Å². The number of hydrogen-bond acceptors (Lipinski definition) is 2. The molecule has 0 aromatic heterocycles. The van der Waals surface area contributed by atoms with Crippen molar-refractivity contribution < 1.29 is 0 Å². The first-order valence-electron chi connectivity index (χ1n) is 19.3. The van der Waals surface area contributed by atoms with Gasteiger partial charge in [-0.1, -0.05) is 121 Å². The SMILES string of the molecule is C1#CC2C3=C(CCC(c4ccc5c(c4)N(C4=CC(C6=CCCC=C6)CC=C4)C4C=CC=CC54)=C3)N(C3=CCC(C4=CC=CCC4)CC3)C2C=C1. The first kappa shape index (κ1) is 30.1. The van der Waals surface area contributed by atoms with Gasteiger partial charge >= 0.3 is 0 Å². The molecule has 0 saturated heterocycles. The summed E-state index contributed by atoms with van der Waals surface area (Å²) in [5.41, 5.74) is 14.6. The van der Waals surface area contributed by atoms with Crippen molar-refractivity contribution in [3.05, 3.63) is 166 Å². The Morgan fingerprint density at radius 3 is 2.64 bits per heavy atom. The third-order valence-corrected chi connectivity index (χ3v) is 12.6. The van der Waals surface area contributed by atoms with E-state index >= 15 is 0 Å². The average molecular weight is 651 g/mol. The maximum atomic E-state index is 3.67. The van der Waals surface area contributed by atoms with Crippen LogP contribution >= 0.6 is 0 Å². The van der Waals surface area contributed by atoms with Gasteiger partial charge in [0, 0.05) is 34.6 Å². The smallest absolute Gasteiger partial charge is 0.0716 e. The Hall–Kier alpha value is -4.74. The van der Waals surface area contributed by atoms with Crippen molar-refractivity contribution in [1.82, 2.24) is 4.90 Å². The molecule has 2 nitrogen and oxygen atoms in total. The van der Waals surface area contributed by atoms with Crippen LogP contribution in [0.4, 0.5) is 5.69 Å². The van der Waals surface area contributed by atoms with Crippen molar-refractivity contribution in [2.45, 2.75) is 82.2 Å². The molecule has 0 fully saturated rings. The number of allylic oxidation sites excluding steroid dienone is 19. The second-order valence-electron chi connectivity index (χ2n) is 15.4. The molecule has 6 atom stereocenters. The van der Waals surface area contributed by atoms with Gasteiger partial charge in [-0.05, 0) is 116 Å². The molecule has 2 heterocycles. The summed E-state index contributed by atoms with van der Waals surface area (Å²) in [4.78, 5) is 5.35. The minimum atomic E-state index is 0.247. The van der Waals surface area contributed by atoms with Gasteiger partial charge in [-0.15, -0.1) is 0 Å². The van der Waals surface area contributed by atoms with Crippen molar-refractivity contribution in [2.75, 3.05) is 4.90 Å². The van der Waals surface area contributed by atoms with Gasteiger partial charge in [0.15, 0.2) is 0 Å². The van der Waals surface area contributed by atoms with E-state index in [1.165, 1.54) is 76.3 Å². The van der Waals surface area contributed by atoms with Crippen LogP contribution in [0.25, 0.3) is 5.57 Å². The van der Waals surface area contributed by atoms with Gasteiger partial charge in [0.2, 0.25) is 0 Å². The molecule has 248 valence electrons. The van der Waals surface area contributed by atoms with Crippen molar-refractivity contribution in [1.29, 1.82) is 0 Å². The Kier molecular flexibility index (Phi) is 7.56. The molecule has 0 N–H and O–H groups in total. The molecule has 0 amide bonds. The second kappa shape index (κ2) is 12.5. The fraction of sp³-hybridized carbons (Fsp3) is 0.333. The van der Waals surface area contributed by atoms with E-state index in [4.69, 9.17) is 0 Å². The highest BCUT2D eigenvalue weighted by molar-refractivity contribution is 5.79. The number of fused-ring (bicyclic) bond motifs is 5. The lowest BCUT2D eigenvalue weighted by atomic mass is 9.82. The molecule has 0 saturated carbocycles. The zero-order valence-corrected chi connectivity index (χ0v) is 29.0. The molecule has 1 aromatic rings. The van der Waals surface area contributed by atoms with Crippen LogP contribution in [0, 0.1) is 29.6 Å². The average Bonchev–Trinajstić information content (AvgIpc) is 3.71. The summed E-state index contributed by atoms with van der Waals surface area (Å²) < 4.78 is 0. The second-order valence-corrected chi connectivity index (χ2v) is 15.4. The Morgan fingerprint density at radius 2 is 1.76 bits per heavy atom. The molecule has 0 bridgehead atoms. The Bertz CT molecular complexity index is 2060. The van der Waals surface area contributed by atoms with Gasteiger partial charge in [-0.3, -0.25) is 0 Å².